The van der Waals surface area contributed by atoms with Gasteiger partial charge in [0.1, 0.15) is 5.75 Å². The van der Waals surface area contributed by atoms with E-state index >= 15 is 0 Å². The smallest absolute Gasteiger partial charge is 0.268 e. The number of thiophene rings is 1. The maximum absolute atomic E-state index is 12.6. The standard InChI is InChI=1S/C22H20N2O3S/c1-15-5-2-3-6-19(15)27-14-21(25)23-17-8-9-18-16(13-17)10-11-24(18)22(26)20-7-4-12-28-20/h2-9,12-13H,10-11,14H2,1H3,(H,23,25). The molecule has 3 aromatic rings. The number of para-hydroxylation sites is 1. The lowest BCUT2D eigenvalue weighted by Crippen LogP contribution is -2.28. The first-order chi connectivity index (χ1) is 13.6. The number of nitrogens with zero attached hydrogens (tertiary/aromatic N) is 1. The maximum atomic E-state index is 12.6. The average Bonchev–Trinajstić information content (AvgIpc) is 3.36. The molecule has 1 aliphatic heterocycles. The molecular weight excluding hydrogens is 372 g/mol. The fraction of sp³-hybridized carbons (Fsp3) is 0.182. The third kappa shape index (κ3) is 3.77. The Hall–Kier alpha value is -3.12. The second-order valence-electron chi connectivity index (χ2n) is 6.63. The number of fused-ring (bicyclic) bond motifs is 1. The Kier molecular flexibility index (Phi) is 5.12. The molecule has 0 fully saturated rings. The summed E-state index contributed by atoms with van der Waals surface area (Å²) in [6.07, 6.45) is 0.774. The van der Waals surface area contributed by atoms with Gasteiger partial charge < -0.3 is 15.0 Å². The van der Waals surface area contributed by atoms with Crippen LogP contribution in [0.1, 0.15) is 20.8 Å². The molecule has 0 radical (unpaired) electrons. The van der Waals surface area contributed by atoms with Crippen molar-refractivity contribution in [3.8, 4) is 5.75 Å². The van der Waals surface area contributed by atoms with Gasteiger partial charge in [0.2, 0.25) is 0 Å². The van der Waals surface area contributed by atoms with Gasteiger partial charge in [-0.3, -0.25) is 9.59 Å². The molecule has 0 aliphatic carbocycles. The molecule has 5 nitrogen and oxygen atoms in total. The highest BCUT2D eigenvalue weighted by Gasteiger charge is 2.26. The number of aryl methyl sites for hydroxylation is 1. The molecule has 1 aromatic heterocycles. The number of ether oxygens (including phenoxy) is 1. The molecule has 0 atom stereocenters. The molecule has 0 bridgehead atoms. The first-order valence-electron chi connectivity index (χ1n) is 9.08. The molecule has 6 heteroatoms. The molecule has 1 aliphatic rings. The quantitative estimate of drug-likeness (QED) is 0.705. The lowest BCUT2D eigenvalue weighted by molar-refractivity contribution is -0.118. The topological polar surface area (TPSA) is 58.6 Å². The Morgan fingerprint density at radius 1 is 1.14 bits per heavy atom. The largest absolute Gasteiger partial charge is 0.483 e. The van der Waals surface area contributed by atoms with E-state index in [2.05, 4.69) is 5.32 Å². The molecule has 1 N–H and O–H groups in total. The number of anilines is 2. The minimum Gasteiger partial charge on any atom is -0.483 e. The van der Waals surface area contributed by atoms with E-state index in [1.165, 1.54) is 11.3 Å². The summed E-state index contributed by atoms with van der Waals surface area (Å²) in [5, 5.41) is 4.77. The van der Waals surface area contributed by atoms with Crippen molar-refractivity contribution in [2.24, 2.45) is 0 Å². The maximum Gasteiger partial charge on any atom is 0.268 e. The summed E-state index contributed by atoms with van der Waals surface area (Å²) in [5.41, 5.74) is 3.67. The monoisotopic (exact) mass is 392 g/mol. The van der Waals surface area contributed by atoms with Crippen LogP contribution in [0.4, 0.5) is 11.4 Å². The fourth-order valence-electron chi connectivity index (χ4n) is 3.28. The molecule has 0 spiro atoms. The van der Waals surface area contributed by atoms with Crippen molar-refractivity contribution >= 4 is 34.5 Å². The second-order valence-corrected chi connectivity index (χ2v) is 7.58. The van der Waals surface area contributed by atoms with Gasteiger partial charge in [0, 0.05) is 17.9 Å². The predicted octanol–water partition coefficient (Wildman–Crippen LogP) is 4.28. The third-order valence-electron chi connectivity index (χ3n) is 4.69. The Bertz CT molecular complexity index is 1010. The van der Waals surface area contributed by atoms with Crippen molar-refractivity contribution in [3.63, 3.8) is 0 Å². The molecule has 0 saturated heterocycles. The van der Waals surface area contributed by atoms with Crippen LogP contribution < -0.4 is 15.0 Å². The molecular formula is C22H20N2O3S. The highest BCUT2D eigenvalue weighted by molar-refractivity contribution is 7.12. The van der Waals surface area contributed by atoms with Crippen molar-refractivity contribution in [2.75, 3.05) is 23.4 Å². The van der Waals surface area contributed by atoms with Crippen molar-refractivity contribution < 1.29 is 14.3 Å². The van der Waals surface area contributed by atoms with E-state index in [1.54, 1.807) is 4.90 Å². The second kappa shape index (κ2) is 7.86. The van der Waals surface area contributed by atoms with E-state index < -0.39 is 0 Å². The lowest BCUT2D eigenvalue weighted by Gasteiger charge is -2.16. The van der Waals surface area contributed by atoms with Crippen molar-refractivity contribution in [3.05, 3.63) is 76.0 Å². The Balaban J connectivity index is 1.40. The molecule has 2 heterocycles. The molecule has 0 saturated carbocycles. The van der Waals surface area contributed by atoms with Gasteiger partial charge in [0.25, 0.3) is 11.8 Å². The fourth-order valence-corrected chi connectivity index (χ4v) is 3.95. The number of benzene rings is 2. The van der Waals surface area contributed by atoms with Crippen molar-refractivity contribution in [1.29, 1.82) is 0 Å². The number of rotatable bonds is 5. The highest BCUT2D eigenvalue weighted by Crippen LogP contribution is 2.32. The summed E-state index contributed by atoms with van der Waals surface area (Å²) in [6.45, 7) is 2.54. The molecule has 2 amide bonds. The Labute approximate surface area is 167 Å². The minimum atomic E-state index is -0.215. The first kappa shape index (κ1) is 18.3. The van der Waals surface area contributed by atoms with Crippen LogP contribution in [0.15, 0.2) is 60.0 Å². The SMILES string of the molecule is Cc1ccccc1OCC(=O)Nc1ccc2c(c1)CCN2C(=O)c1cccs1. The van der Waals surface area contributed by atoms with Gasteiger partial charge in [-0.05, 0) is 60.2 Å². The lowest BCUT2D eigenvalue weighted by atomic mass is 10.1. The number of hydrogen-bond acceptors (Lipinski definition) is 4. The van der Waals surface area contributed by atoms with Crippen LogP contribution in [0.2, 0.25) is 0 Å². The van der Waals surface area contributed by atoms with Crippen LogP contribution in [0.3, 0.4) is 0 Å². The van der Waals surface area contributed by atoms with Gasteiger partial charge in [-0.25, -0.2) is 0 Å². The first-order valence-corrected chi connectivity index (χ1v) is 9.96. The summed E-state index contributed by atoms with van der Waals surface area (Å²) in [6, 6.07) is 17.0. The zero-order chi connectivity index (χ0) is 19.5. The van der Waals surface area contributed by atoms with Crippen LogP contribution in [0.25, 0.3) is 0 Å². The molecule has 142 valence electrons. The number of carbonyl (C=O) groups excluding carboxylic acids is 2. The normalized spacial score (nSPS) is 12.5. The zero-order valence-electron chi connectivity index (χ0n) is 15.5. The van der Waals surface area contributed by atoms with Gasteiger partial charge in [-0.2, -0.15) is 0 Å². The van der Waals surface area contributed by atoms with Gasteiger partial charge in [-0.15, -0.1) is 11.3 Å². The van der Waals surface area contributed by atoms with Crippen molar-refractivity contribution in [1.82, 2.24) is 0 Å². The summed E-state index contributed by atoms with van der Waals surface area (Å²) in [5.74, 6) is 0.513. The van der Waals surface area contributed by atoms with E-state index in [0.29, 0.717) is 18.0 Å². The molecule has 2 aromatic carbocycles. The number of hydrogen-bond donors (Lipinski definition) is 1. The zero-order valence-corrected chi connectivity index (χ0v) is 16.3. The summed E-state index contributed by atoms with van der Waals surface area (Å²) in [4.78, 5) is 27.4. The van der Waals surface area contributed by atoms with Crippen LogP contribution in [-0.2, 0) is 11.2 Å². The summed E-state index contributed by atoms with van der Waals surface area (Å²) >= 11 is 1.45. The summed E-state index contributed by atoms with van der Waals surface area (Å²) in [7, 11) is 0. The van der Waals surface area contributed by atoms with E-state index in [9.17, 15) is 9.59 Å². The third-order valence-corrected chi connectivity index (χ3v) is 5.55. The minimum absolute atomic E-state index is 0.0252. The van der Waals surface area contributed by atoms with E-state index in [4.69, 9.17) is 4.74 Å². The van der Waals surface area contributed by atoms with Gasteiger partial charge in [0.15, 0.2) is 6.61 Å². The van der Waals surface area contributed by atoms with E-state index in [0.717, 1.165) is 28.1 Å². The number of amides is 2. The van der Waals surface area contributed by atoms with E-state index in [1.807, 2.05) is 66.9 Å². The molecule has 4 rings (SSSR count). The average molecular weight is 392 g/mol. The van der Waals surface area contributed by atoms with Crippen molar-refractivity contribution in [2.45, 2.75) is 13.3 Å². The number of nitrogens with one attached hydrogen (secondary N) is 1. The van der Waals surface area contributed by atoms with Crippen LogP contribution >= 0.6 is 11.3 Å². The number of carbonyl (C=O) groups is 2. The molecule has 0 unspecified atom stereocenters. The predicted molar refractivity (Wildman–Crippen MR) is 111 cm³/mol. The molecule has 28 heavy (non-hydrogen) atoms. The Morgan fingerprint density at radius 2 is 2.00 bits per heavy atom. The Morgan fingerprint density at radius 3 is 2.79 bits per heavy atom. The van der Waals surface area contributed by atoms with Crippen LogP contribution in [0.5, 0.6) is 5.75 Å². The van der Waals surface area contributed by atoms with Gasteiger partial charge in [-0.1, -0.05) is 24.3 Å². The summed E-state index contributed by atoms with van der Waals surface area (Å²) < 4.78 is 5.59. The van der Waals surface area contributed by atoms with Gasteiger partial charge >= 0.3 is 0 Å². The van der Waals surface area contributed by atoms with Crippen LogP contribution in [0, 0.1) is 6.92 Å². The van der Waals surface area contributed by atoms with E-state index in [-0.39, 0.29) is 18.4 Å². The van der Waals surface area contributed by atoms with Crippen LogP contribution in [-0.4, -0.2) is 25.0 Å². The highest BCUT2D eigenvalue weighted by atomic mass is 32.1. The van der Waals surface area contributed by atoms with Gasteiger partial charge in [0.05, 0.1) is 4.88 Å².